The zero-order valence-corrected chi connectivity index (χ0v) is 18.4. The molecule has 7 rings (SSSR count). The summed E-state index contributed by atoms with van der Waals surface area (Å²) in [5.74, 6) is 0.638. The summed E-state index contributed by atoms with van der Waals surface area (Å²) in [6.07, 6.45) is 1.85. The molecule has 3 aromatic carbocycles. The number of nitrogens with zero attached hydrogens (tertiary/aromatic N) is 3. The zero-order chi connectivity index (χ0) is 22.3. The second-order valence-corrected chi connectivity index (χ2v) is 9.10. The van der Waals surface area contributed by atoms with Gasteiger partial charge in [0.15, 0.2) is 0 Å². The van der Waals surface area contributed by atoms with Crippen molar-refractivity contribution in [1.82, 2.24) is 14.4 Å². The number of benzene rings is 3. The van der Waals surface area contributed by atoms with Crippen molar-refractivity contribution in [2.24, 2.45) is 0 Å². The van der Waals surface area contributed by atoms with Gasteiger partial charge in [0.05, 0.1) is 27.8 Å². The van der Waals surface area contributed by atoms with Gasteiger partial charge < -0.3 is 9.31 Å². The van der Waals surface area contributed by atoms with E-state index >= 15 is 0 Å². The Hall–Kier alpha value is -3.90. The molecule has 1 fully saturated rings. The Kier molecular flexibility index (Phi) is 3.58. The van der Waals surface area contributed by atoms with Gasteiger partial charge in [0.2, 0.25) is 0 Å². The first-order chi connectivity index (χ1) is 16.0. The third kappa shape index (κ3) is 2.52. The van der Waals surface area contributed by atoms with Crippen molar-refractivity contribution in [3.05, 3.63) is 85.3 Å². The van der Waals surface area contributed by atoms with E-state index in [2.05, 4.69) is 59.5 Å². The molecule has 0 amide bonds. The Bertz CT molecular complexity index is 1790. The molecule has 1 saturated heterocycles. The molecule has 158 valence electrons. The van der Waals surface area contributed by atoms with Gasteiger partial charge in [0, 0.05) is 27.7 Å². The van der Waals surface area contributed by atoms with Crippen LogP contribution in [0.3, 0.4) is 0 Å². The highest BCUT2D eigenvalue weighted by Gasteiger charge is 2.42. The standard InChI is InChI=1S/C27H20BN3O2/c1-16-27(2,3)33-28(32-16)18-11-13-19-23(15-18)31-22-9-5-4-8-21(22)30-26(31)20-12-10-17-7-6-14-29-25(17)24(19)20/h4-15H,1H2,2-3H3. The molecule has 0 radical (unpaired) electrons. The molecule has 1 aliphatic rings. The maximum absolute atomic E-state index is 6.18. The monoisotopic (exact) mass is 429 g/mol. The number of rotatable bonds is 1. The number of hydrogen-bond acceptors (Lipinski definition) is 4. The maximum Gasteiger partial charge on any atom is 0.563 e. The minimum absolute atomic E-state index is 0.497. The van der Waals surface area contributed by atoms with E-state index in [4.69, 9.17) is 19.3 Å². The first kappa shape index (κ1) is 18.7. The van der Waals surface area contributed by atoms with E-state index in [1.54, 1.807) is 0 Å². The van der Waals surface area contributed by atoms with Crippen molar-refractivity contribution in [2.45, 2.75) is 19.4 Å². The number of hydrogen-bond donors (Lipinski definition) is 0. The molecule has 6 heteroatoms. The van der Waals surface area contributed by atoms with Gasteiger partial charge in [-0.1, -0.05) is 43.0 Å². The molecular formula is C27H20BN3O2. The zero-order valence-electron chi connectivity index (χ0n) is 18.4. The summed E-state index contributed by atoms with van der Waals surface area (Å²) >= 11 is 0. The molecule has 0 N–H and O–H groups in total. The fourth-order valence-corrected chi connectivity index (χ4v) is 4.91. The summed E-state index contributed by atoms with van der Waals surface area (Å²) in [5.41, 5.74) is 5.38. The summed E-state index contributed by atoms with van der Waals surface area (Å²) in [4.78, 5) is 9.77. The van der Waals surface area contributed by atoms with E-state index in [0.717, 1.165) is 54.7 Å². The Labute approximate surface area is 190 Å². The quantitative estimate of drug-likeness (QED) is 0.260. The normalized spacial score (nSPS) is 15.9. The molecule has 0 aliphatic carbocycles. The van der Waals surface area contributed by atoms with Crippen LogP contribution < -0.4 is 5.46 Å². The van der Waals surface area contributed by atoms with Crippen LogP contribution in [0.25, 0.3) is 49.3 Å². The first-order valence-electron chi connectivity index (χ1n) is 11.1. The molecule has 0 bridgehead atoms. The molecule has 6 aromatic rings. The van der Waals surface area contributed by atoms with Gasteiger partial charge in [-0.25, -0.2) is 4.98 Å². The van der Waals surface area contributed by atoms with E-state index in [9.17, 15) is 0 Å². The highest BCUT2D eigenvalue weighted by atomic mass is 16.7. The number of pyridine rings is 2. The molecule has 5 nitrogen and oxygen atoms in total. The number of imidazole rings is 1. The van der Waals surface area contributed by atoms with Crippen LogP contribution in [0, 0.1) is 0 Å². The third-order valence-corrected chi connectivity index (χ3v) is 6.70. The third-order valence-electron chi connectivity index (χ3n) is 6.70. The van der Waals surface area contributed by atoms with Crippen LogP contribution in [-0.4, -0.2) is 27.1 Å². The minimum atomic E-state index is -0.528. The number of aromatic nitrogens is 3. The Morgan fingerprint density at radius 1 is 0.939 bits per heavy atom. The average molecular weight is 429 g/mol. The van der Waals surface area contributed by atoms with Crippen molar-refractivity contribution in [1.29, 1.82) is 0 Å². The molecule has 0 atom stereocenters. The Balaban J connectivity index is 1.65. The average Bonchev–Trinajstić information content (AvgIpc) is 3.35. The van der Waals surface area contributed by atoms with Gasteiger partial charge in [0.25, 0.3) is 0 Å². The van der Waals surface area contributed by atoms with Crippen molar-refractivity contribution in [3.8, 4) is 0 Å². The van der Waals surface area contributed by atoms with Gasteiger partial charge in [-0.3, -0.25) is 9.38 Å². The smallest absolute Gasteiger partial charge is 0.534 e. The molecule has 4 heterocycles. The first-order valence-corrected chi connectivity index (χ1v) is 11.1. The topological polar surface area (TPSA) is 48.7 Å². The lowest BCUT2D eigenvalue weighted by Gasteiger charge is -2.16. The van der Waals surface area contributed by atoms with Crippen LogP contribution >= 0.6 is 0 Å². The molecule has 33 heavy (non-hydrogen) atoms. The van der Waals surface area contributed by atoms with Crippen molar-refractivity contribution >= 4 is 61.8 Å². The summed E-state index contributed by atoms with van der Waals surface area (Å²) in [7, 11) is -0.497. The Morgan fingerprint density at radius 3 is 2.64 bits per heavy atom. The lowest BCUT2D eigenvalue weighted by atomic mass is 9.78. The molecule has 0 spiro atoms. The summed E-state index contributed by atoms with van der Waals surface area (Å²) in [5, 5.41) is 4.41. The van der Waals surface area contributed by atoms with Crippen LogP contribution in [-0.2, 0) is 9.31 Å². The summed E-state index contributed by atoms with van der Waals surface area (Å²) in [6, 6.07) is 23.0. The predicted octanol–water partition coefficient (Wildman–Crippen LogP) is 5.38. The van der Waals surface area contributed by atoms with Crippen LogP contribution in [0.4, 0.5) is 0 Å². The predicted molar refractivity (Wildman–Crippen MR) is 134 cm³/mol. The fourth-order valence-electron chi connectivity index (χ4n) is 4.91. The lowest BCUT2D eigenvalue weighted by Crippen LogP contribution is -2.34. The molecular weight excluding hydrogens is 409 g/mol. The maximum atomic E-state index is 6.18. The van der Waals surface area contributed by atoms with Crippen molar-refractivity contribution in [3.63, 3.8) is 0 Å². The SMILES string of the molecule is C=C1OB(c2ccc3c4c(ccc5cccnc54)c4nc5ccccc5n4c3c2)OC1(C)C. The van der Waals surface area contributed by atoms with Crippen LogP contribution in [0.15, 0.2) is 85.3 Å². The highest BCUT2D eigenvalue weighted by Crippen LogP contribution is 2.36. The van der Waals surface area contributed by atoms with E-state index in [0.29, 0.717) is 5.76 Å². The van der Waals surface area contributed by atoms with E-state index in [1.165, 1.54) is 0 Å². The molecule has 0 unspecified atom stereocenters. The lowest BCUT2D eigenvalue weighted by molar-refractivity contribution is 0.173. The van der Waals surface area contributed by atoms with Gasteiger partial charge in [0.1, 0.15) is 11.2 Å². The van der Waals surface area contributed by atoms with Crippen LogP contribution in [0.2, 0.25) is 0 Å². The number of para-hydroxylation sites is 2. The van der Waals surface area contributed by atoms with Crippen LogP contribution in [0.5, 0.6) is 0 Å². The van der Waals surface area contributed by atoms with Gasteiger partial charge in [-0.2, -0.15) is 0 Å². The van der Waals surface area contributed by atoms with Crippen molar-refractivity contribution in [2.75, 3.05) is 0 Å². The summed E-state index contributed by atoms with van der Waals surface area (Å²) in [6.45, 7) is 7.98. The largest absolute Gasteiger partial charge is 0.563 e. The highest BCUT2D eigenvalue weighted by molar-refractivity contribution is 6.62. The fraction of sp³-hybridized carbons (Fsp3) is 0.111. The number of fused-ring (bicyclic) bond motifs is 10. The van der Waals surface area contributed by atoms with Gasteiger partial charge in [-0.05, 0) is 49.6 Å². The summed E-state index contributed by atoms with van der Waals surface area (Å²) < 4.78 is 14.4. The second kappa shape index (κ2) is 6.33. The molecule has 0 saturated carbocycles. The Morgan fingerprint density at radius 2 is 1.79 bits per heavy atom. The van der Waals surface area contributed by atoms with E-state index in [-0.39, 0.29) is 0 Å². The molecule has 1 aliphatic heterocycles. The minimum Gasteiger partial charge on any atom is -0.534 e. The van der Waals surface area contributed by atoms with Crippen molar-refractivity contribution < 1.29 is 9.31 Å². The second-order valence-electron chi connectivity index (χ2n) is 9.10. The van der Waals surface area contributed by atoms with E-state index in [1.807, 2.05) is 38.2 Å². The van der Waals surface area contributed by atoms with E-state index < -0.39 is 12.7 Å². The van der Waals surface area contributed by atoms with Crippen LogP contribution in [0.1, 0.15) is 13.8 Å². The van der Waals surface area contributed by atoms with Gasteiger partial charge in [-0.15, -0.1) is 0 Å². The van der Waals surface area contributed by atoms with Gasteiger partial charge >= 0.3 is 7.12 Å². The molecule has 3 aromatic heterocycles.